The van der Waals surface area contributed by atoms with Gasteiger partial charge in [-0.05, 0) is 41.8 Å². The fourth-order valence-corrected chi connectivity index (χ4v) is 4.43. The molecule has 1 saturated heterocycles. The minimum Gasteiger partial charge on any atom is -0.334 e. The van der Waals surface area contributed by atoms with E-state index in [-0.39, 0.29) is 6.03 Å². The predicted octanol–water partition coefficient (Wildman–Crippen LogP) is 4.53. The minimum atomic E-state index is -2.61. The van der Waals surface area contributed by atoms with Gasteiger partial charge in [0.1, 0.15) is 0 Å². The van der Waals surface area contributed by atoms with Crippen molar-refractivity contribution in [2.24, 2.45) is 0 Å². The smallest absolute Gasteiger partial charge is 0.319 e. The van der Waals surface area contributed by atoms with Crippen LogP contribution in [0.4, 0.5) is 10.5 Å². The van der Waals surface area contributed by atoms with Crippen molar-refractivity contribution in [3.8, 4) is 0 Å². The van der Waals surface area contributed by atoms with Crippen molar-refractivity contribution in [1.29, 1.82) is 0 Å². The van der Waals surface area contributed by atoms with Crippen LogP contribution in [0.25, 0.3) is 0 Å². The lowest BCUT2D eigenvalue weighted by Crippen LogP contribution is -2.28. The van der Waals surface area contributed by atoms with E-state index in [9.17, 15) is 13.9 Å². The Morgan fingerprint density at radius 3 is 2.35 bits per heavy atom. The van der Waals surface area contributed by atoms with Gasteiger partial charge in [-0.15, -0.1) is 10.8 Å². The monoisotopic (exact) mass is 395 g/mol. The van der Waals surface area contributed by atoms with Gasteiger partial charge in [-0.1, -0.05) is 35.9 Å². The Morgan fingerprint density at radius 2 is 1.73 bits per heavy atom. The van der Waals surface area contributed by atoms with Crippen LogP contribution in [0.3, 0.4) is 0 Å². The molecule has 2 amide bonds. The number of anilines is 1. The molecule has 0 aliphatic carbocycles. The molecule has 0 saturated carbocycles. The summed E-state index contributed by atoms with van der Waals surface area (Å²) in [4.78, 5) is 12.0. The molecular formula is C18H22ClN3O3S. The number of amides is 2. The van der Waals surface area contributed by atoms with Crippen molar-refractivity contribution in [3.63, 3.8) is 0 Å². The summed E-state index contributed by atoms with van der Waals surface area (Å²) in [7, 11) is -2.61. The third kappa shape index (κ3) is 5.12. The number of benzene rings is 2. The number of carbonyl (C=O) groups excluding carboxylic acids is 1. The zero-order chi connectivity index (χ0) is 18.6. The molecule has 1 fully saturated rings. The van der Waals surface area contributed by atoms with Gasteiger partial charge in [0.2, 0.25) is 0 Å². The highest BCUT2D eigenvalue weighted by atomic mass is 35.5. The van der Waals surface area contributed by atoms with E-state index < -0.39 is 10.8 Å². The SMILES string of the molecule is O=C(NCc1ccc(Cl)cc1)Nc1ccc(CN2CCCS2(O)O)cc1. The summed E-state index contributed by atoms with van der Waals surface area (Å²) >= 11 is 5.83. The van der Waals surface area contributed by atoms with Crippen LogP contribution < -0.4 is 10.6 Å². The Labute approximate surface area is 159 Å². The molecule has 2 aromatic rings. The third-order valence-electron chi connectivity index (χ3n) is 4.18. The quantitative estimate of drug-likeness (QED) is 0.599. The van der Waals surface area contributed by atoms with E-state index in [1.807, 2.05) is 24.3 Å². The van der Waals surface area contributed by atoms with Gasteiger partial charge in [0.05, 0.1) is 5.75 Å². The van der Waals surface area contributed by atoms with Gasteiger partial charge in [0, 0.05) is 30.3 Å². The lowest BCUT2D eigenvalue weighted by Gasteiger charge is -2.36. The molecule has 0 spiro atoms. The average Bonchev–Trinajstić information content (AvgIpc) is 2.94. The third-order valence-corrected chi connectivity index (χ3v) is 6.40. The normalized spacial score (nSPS) is 17.7. The molecule has 26 heavy (non-hydrogen) atoms. The van der Waals surface area contributed by atoms with Crippen molar-refractivity contribution in [3.05, 3.63) is 64.7 Å². The van der Waals surface area contributed by atoms with Crippen LogP contribution in [-0.2, 0) is 13.1 Å². The summed E-state index contributed by atoms with van der Waals surface area (Å²) in [5, 5.41) is 6.22. The van der Waals surface area contributed by atoms with Crippen molar-refractivity contribution in [2.75, 3.05) is 17.6 Å². The number of hydrogen-bond acceptors (Lipinski definition) is 4. The fourth-order valence-electron chi connectivity index (χ4n) is 2.75. The maximum Gasteiger partial charge on any atom is 0.319 e. The van der Waals surface area contributed by atoms with Crippen LogP contribution in [0.2, 0.25) is 5.02 Å². The second kappa shape index (κ2) is 8.28. The zero-order valence-electron chi connectivity index (χ0n) is 14.2. The van der Waals surface area contributed by atoms with Gasteiger partial charge in [-0.3, -0.25) is 9.11 Å². The van der Waals surface area contributed by atoms with E-state index in [0.29, 0.717) is 36.1 Å². The lowest BCUT2D eigenvalue weighted by molar-refractivity contribution is 0.251. The van der Waals surface area contributed by atoms with Crippen LogP contribution >= 0.6 is 22.4 Å². The van der Waals surface area contributed by atoms with Crippen LogP contribution in [0, 0.1) is 0 Å². The largest absolute Gasteiger partial charge is 0.334 e. The summed E-state index contributed by atoms with van der Waals surface area (Å²) < 4.78 is 21.6. The van der Waals surface area contributed by atoms with Gasteiger partial charge in [0.15, 0.2) is 0 Å². The highest BCUT2D eigenvalue weighted by Gasteiger charge is 2.28. The molecular weight excluding hydrogens is 374 g/mol. The molecule has 0 bridgehead atoms. The fraction of sp³-hybridized carbons (Fsp3) is 0.278. The van der Waals surface area contributed by atoms with Crippen molar-refractivity contribution in [1.82, 2.24) is 9.62 Å². The first kappa shape index (κ1) is 19.0. The lowest BCUT2D eigenvalue weighted by atomic mass is 10.2. The molecule has 140 valence electrons. The molecule has 2 aromatic carbocycles. The van der Waals surface area contributed by atoms with E-state index >= 15 is 0 Å². The highest BCUT2D eigenvalue weighted by Crippen LogP contribution is 2.49. The molecule has 0 unspecified atom stereocenters. The topological polar surface area (TPSA) is 84.8 Å². The van der Waals surface area contributed by atoms with Crippen LogP contribution in [0.15, 0.2) is 48.5 Å². The number of carbonyl (C=O) groups is 1. The first-order valence-electron chi connectivity index (χ1n) is 8.32. The molecule has 0 radical (unpaired) electrons. The first-order chi connectivity index (χ1) is 12.4. The number of halogens is 1. The zero-order valence-corrected chi connectivity index (χ0v) is 15.8. The molecule has 1 heterocycles. The molecule has 0 atom stereocenters. The standard InChI is InChI=1S/C18H22ClN3O3S/c19-16-6-2-14(3-7-16)12-20-18(23)21-17-8-4-15(5-9-17)13-22-10-1-11-26(22,24)25/h2-9,24-25H,1,10-13H2,(H2,20,21,23). The van der Waals surface area contributed by atoms with Crippen molar-refractivity contribution in [2.45, 2.75) is 19.5 Å². The van der Waals surface area contributed by atoms with E-state index in [0.717, 1.165) is 17.5 Å². The van der Waals surface area contributed by atoms with Crippen LogP contribution in [-0.4, -0.2) is 31.7 Å². The van der Waals surface area contributed by atoms with E-state index in [2.05, 4.69) is 10.6 Å². The van der Waals surface area contributed by atoms with Gasteiger partial charge >= 0.3 is 6.03 Å². The van der Waals surface area contributed by atoms with Crippen LogP contribution in [0.1, 0.15) is 17.5 Å². The van der Waals surface area contributed by atoms with Crippen molar-refractivity contribution < 1.29 is 13.9 Å². The number of nitrogens with zero attached hydrogens (tertiary/aromatic N) is 1. The van der Waals surface area contributed by atoms with Gasteiger partial charge < -0.3 is 10.6 Å². The molecule has 1 aliphatic rings. The molecule has 6 nitrogen and oxygen atoms in total. The van der Waals surface area contributed by atoms with Crippen molar-refractivity contribution >= 4 is 34.1 Å². The number of rotatable bonds is 5. The molecule has 1 aliphatic heterocycles. The summed E-state index contributed by atoms with van der Waals surface area (Å²) in [6.07, 6.45) is 0.801. The van der Waals surface area contributed by atoms with E-state index in [1.54, 1.807) is 28.6 Å². The summed E-state index contributed by atoms with van der Waals surface area (Å²) in [5.41, 5.74) is 2.61. The maximum atomic E-state index is 12.0. The second-order valence-corrected chi connectivity index (χ2v) is 8.81. The van der Waals surface area contributed by atoms with E-state index in [4.69, 9.17) is 11.6 Å². The van der Waals surface area contributed by atoms with E-state index in [1.165, 1.54) is 0 Å². The predicted molar refractivity (Wildman–Crippen MR) is 106 cm³/mol. The number of urea groups is 1. The van der Waals surface area contributed by atoms with Gasteiger partial charge in [-0.25, -0.2) is 9.10 Å². The average molecular weight is 396 g/mol. The first-order valence-corrected chi connectivity index (χ1v) is 10.4. The molecule has 0 aromatic heterocycles. The molecule has 4 N–H and O–H groups in total. The minimum absolute atomic E-state index is 0.290. The summed E-state index contributed by atoms with van der Waals surface area (Å²) in [5.74, 6) is 0.445. The Morgan fingerprint density at radius 1 is 1.08 bits per heavy atom. The summed E-state index contributed by atoms with van der Waals surface area (Å²) in [6.45, 7) is 1.59. The van der Waals surface area contributed by atoms with Gasteiger partial charge in [0.25, 0.3) is 0 Å². The Bertz CT molecular complexity index is 753. The Kier molecular flexibility index (Phi) is 6.05. The number of nitrogens with one attached hydrogen (secondary N) is 2. The highest BCUT2D eigenvalue weighted by molar-refractivity contribution is 8.22. The summed E-state index contributed by atoms with van der Waals surface area (Å²) in [6, 6.07) is 14.4. The molecule has 3 rings (SSSR count). The Balaban J connectivity index is 1.49. The number of hydrogen-bond donors (Lipinski definition) is 4. The van der Waals surface area contributed by atoms with Crippen LogP contribution in [0.5, 0.6) is 0 Å². The Hall–Kier alpha value is -1.77. The molecule has 8 heteroatoms. The van der Waals surface area contributed by atoms with Gasteiger partial charge in [-0.2, -0.15) is 0 Å². The second-order valence-electron chi connectivity index (χ2n) is 6.18. The maximum absolute atomic E-state index is 12.0.